The van der Waals surface area contributed by atoms with Crippen molar-refractivity contribution in [1.82, 2.24) is 29.5 Å². The van der Waals surface area contributed by atoms with Crippen molar-refractivity contribution in [2.45, 2.75) is 12.6 Å². The maximum Gasteiger partial charge on any atom is 0.320 e. The molecule has 2 aromatic rings. The van der Waals surface area contributed by atoms with E-state index in [0.29, 0.717) is 18.4 Å². The average molecular weight is 372 g/mol. The summed E-state index contributed by atoms with van der Waals surface area (Å²) < 4.78 is 15.8. The van der Waals surface area contributed by atoms with Crippen LogP contribution in [0.4, 0.5) is 9.18 Å². The van der Waals surface area contributed by atoms with Gasteiger partial charge in [-0.25, -0.2) is 9.18 Å². The number of likely N-dealkylation sites (tertiary alicyclic amines) is 2. The second-order valence-electron chi connectivity index (χ2n) is 7.71. The van der Waals surface area contributed by atoms with Gasteiger partial charge >= 0.3 is 6.03 Å². The van der Waals surface area contributed by atoms with Crippen molar-refractivity contribution in [1.29, 1.82) is 0 Å². The van der Waals surface area contributed by atoms with Gasteiger partial charge in [-0.3, -0.25) is 0 Å². The second-order valence-corrected chi connectivity index (χ2v) is 7.71. The molecule has 27 heavy (non-hydrogen) atoms. The first-order valence-corrected chi connectivity index (χ1v) is 9.31. The van der Waals surface area contributed by atoms with E-state index in [1.807, 2.05) is 15.5 Å². The maximum atomic E-state index is 13.9. The van der Waals surface area contributed by atoms with Crippen LogP contribution in [0.5, 0.6) is 0 Å². The number of rotatable bonds is 4. The first-order chi connectivity index (χ1) is 13.0. The molecule has 0 bridgehead atoms. The molecular weight excluding hydrogens is 347 g/mol. The van der Waals surface area contributed by atoms with E-state index in [-0.39, 0.29) is 17.9 Å². The van der Waals surface area contributed by atoms with E-state index in [2.05, 4.69) is 15.1 Å². The minimum atomic E-state index is -0.254. The van der Waals surface area contributed by atoms with Crippen LogP contribution in [0, 0.1) is 17.7 Å². The number of hydrogen-bond donors (Lipinski definition) is 0. The molecule has 0 N–H and O–H groups in total. The molecule has 0 saturated carbocycles. The predicted molar refractivity (Wildman–Crippen MR) is 98.4 cm³/mol. The first-order valence-electron chi connectivity index (χ1n) is 9.31. The van der Waals surface area contributed by atoms with Crippen molar-refractivity contribution in [3.05, 3.63) is 48.3 Å². The Hall–Kier alpha value is -2.48. The number of halogens is 1. The zero-order valence-electron chi connectivity index (χ0n) is 15.7. The van der Waals surface area contributed by atoms with Gasteiger partial charge < -0.3 is 19.3 Å². The van der Waals surface area contributed by atoms with Gasteiger partial charge in [0, 0.05) is 52.7 Å². The van der Waals surface area contributed by atoms with Gasteiger partial charge in [-0.15, -0.1) is 10.2 Å². The molecule has 0 spiro atoms. The highest BCUT2D eigenvalue weighted by Gasteiger charge is 2.49. The molecule has 0 unspecified atom stereocenters. The van der Waals surface area contributed by atoms with E-state index in [1.54, 1.807) is 43.8 Å². The van der Waals surface area contributed by atoms with E-state index in [4.69, 9.17) is 0 Å². The standard InChI is InChI=1S/C19H25FN6O/c1-23(2)19(27)26-10-15-9-24(6-7-25-12-21-22-13-25)11-17(15)18(26)14-4-3-5-16(20)8-14/h3-5,8,12-13,15,17-18H,6-7,9-11H2,1-2H3/t15-,17-,18+/m1/s1. The van der Waals surface area contributed by atoms with E-state index < -0.39 is 0 Å². The van der Waals surface area contributed by atoms with Gasteiger partial charge in [-0.05, 0) is 23.6 Å². The molecule has 0 radical (unpaired) electrons. The largest absolute Gasteiger partial charge is 0.331 e. The normalized spacial score (nSPS) is 25.0. The fourth-order valence-corrected chi connectivity index (χ4v) is 4.49. The molecule has 2 aliphatic rings. The number of carbonyl (C=O) groups is 1. The van der Waals surface area contributed by atoms with Crippen LogP contribution in [-0.2, 0) is 6.54 Å². The zero-order chi connectivity index (χ0) is 19.0. The van der Waals surface area contributed by atoms with Crippen LogP contribution >= 0.6 is 0 Å². The minimum Gasteiger partial charge on any atom is -0.331 e. The van der Waals surface area contributed by atoms with E-state index in [1.165, 1.54) is 6.07 Å². The molecule has 1 aromatic carbocycles. The van der Waals surface area contributed by atoms with Crippen molar-refractivity contribution < 1.29 is 9.18 Å². The lowest BCUT2D eigenvalue weighted by Crippen LogP contribution is -2.41. The predicted octanol–water partition coefficient (Wildman–Crippen LogP) is 1.70. The summed E-state index contributed by atoms with van der Waals surface area (Å²) in [4.78, 5) is 18.7. The summed E-state index contributed by atoms with van der Waals surface area (Å²) in [5.41, 5.74) is 0.887. The molecule has 2 fully saturated rings. The summed E-state index contributed by atoms with van der Waals surface area (Å²) in [5.74, 6) is 0.468. The monoisotopic (exact) mass is 372 g/mol. The molecule has 2 aliphatic heterocycles. The van der Waals surface area contributed by atoms with Crippen LogP contribution in [0.3, 0.4) is 0 Å². The number of urea groups is 1. The van der Waals surface area contributed by atoms with Gasteiger partial charge in [0.2, 0.25) is 0 Å². The van der Waals surface area contributed by atoms with Gasteiger partial charge in [0.25, 0.3) is 0 Å². The Morgan fingerprint density at radius 2 is 1.96 bits per heavy atom. The summed E-state index contributed by atoms with van der Waals surface area (Å²) in [6, 6.07) is 6.60. The number of nitrogens with zero attached hydrogens (tertiary/aromatic N) is 6. The number of aromatic nitrogens is 3. The van der Waals surface area contributed by atoms with E-state index >= 15 is 0 Å². The molecule has 2 amide bonds. The summed E-state index contributed by atoms with van der Waals surface area (Å²) in [6.07, 6.45) is 3.45. The highest BCUT2D eigenvalue weighted by atomic mass is 19.1. The number of carbonyl (C=O) groups excluding carboxylic acids is 1. The van der Waals surface area contributed by atoms with E-state index in [0.717, 1.165) is 31.7 Å². The van der Waals surface area contributed by atoms with Crippen LogP contribution in [-0.4, -0.2) is 75.8 Å². The number of hydrogen-bond acceptors (Lipinski definition) is 4. The van der Waals surface area contributed by atoms with Gasteiger partial charge in [-0.1, -0.05) is 12.1 Å². The number of fused-ring (bicyclic) bond motifs is 1. The fourth-order valence-electron chi connectivity index (χ4n) is 4.49. The summed E-state index contributed by atoms with van der Waals surface area (Å²) in [5, 5.41) is 7.68. The highest BCUT2D eigenvalue weighted by molar-refractivity contribution is 5.75. The third-order valence-corrected chi connectivity index (χ3v) is 5.70. The van der Waals surface area contributed by atoms with Crippen molar-refractivity contribution in [3.63, 3.8) is 0 Å². The fraction of sp³-hybridized carbons (Fsp3) is 0.526. The Balaban J connectivity index is 1.52. The summed E-state index contributed by atoms with van der Waals surface area (Å²) in [7, 11) is 3.54. The molecule has 8 heteroatoms. The van der Waals surface area contributed by atoms with Crippen molar-refractivity contribution in [2.75, 3.05) is 40.3 Å². The lowest BCUT2D eigenvalue weighted by Gasteiger charge is -2.32. The van der Waals surface area contributed by atoms with Gasteiger partial charge in [0.15, 0.2) is 0 Å². The smallest absolute Gasteiger partial charge is 0.320 e. The average Bonchev–Trinajstić information content (AvgIpc) is 3.34. The third-order valence-electron chi connectivity index (χ3n) is 5.70. The van der Waals surface area contributed by atoms with Crippen molar-refractivity contribution in [3.8, 4) is 0 Å². The highest BCUT2D eigenvalue weighted by Crippen LogP contribution is 2.45. The Labute approximate surface area is 158 Å². The van der Waals surface area contributed by atoms with Crippen LogP contribution in [0.1, 0.15) is 11.6 Å². The Morgan fingerprint density at radius 1 is 1.19 bits per heavy atom. The number of benzene rings is 1. The minimum absolute atomic E-state index is 0.00491. The molecule has 2 saturated heterocycles. The Morgan fingerprint density at radius 3 is 2.67 bits per heavy atom. The molecule has 1 aromatic heterocycles. The Bertz CT molecular complexity index is 795. The molecule has 4 rings (SSSR count). The molecule has 3 heterocycles. The van der Waals surface area contributed by atoms with Crippen LogP contribution < -0.4 is 0 Å². The molecule has 0 aliphatic carbocycles. The zero-order valence-corrected chi connectivity index (χ0v) is 15.7. The SMILES string of the molecule is CN(C)C(=O)N1C[C@H]2CN(CCn3cnnc3)C[C@H]2[C@@H]1c1cccc(F)c1. The lowest BCUT2D eigenvalue weighted by atomic mass is 9.89. The third kappa shape index (κ3) is 3.53. The lowest BCUT2D eigenvalue weighted by molar-refractivity contribution is 0.152. The van der Waals surface area contributed by atoms with E-state index in [9.17, 15) is 9.18 Å². The van der Waals surface area contributed by atoms with Crippen molar-refractivity contribution in [2.24, 2.45) is 11.8 Å². The topological polar surface area (TPSA) is 57.5 Å². The van der Waals surface area contributed by atoms with Crippen LogP contribution in [0.2, 0.25) is 0 Å². The Kier molecular flexibility index (Phi) is 4.82. The summed E-state index contributed by atoms with van der Waals surface area (Å²) >= 11 is 0. The van der Waals surface area contributed by atoms with Crippen LogP contribution in [0.25, 0.3) is 0 Å². The molecule has 144 valence electrons. The molecule has 3 atom stereocenters. The van der Waals surface area contributed by atoms with Crippen LogP contribution in [0.15, 0.2) is 36.9 Å². The van der Waals surface area contributed by atoms with Gasteiger partial charge in [-0.2, -0.15) is 0 Å². The first kappa shape index (κ1) is 17.9. The molecule has 7 nitrogen and oxygen atoms in total. The van der Waals surface area contributed by atoms with Gasteiger partial charge in [0.1, 0.15) is 18.5 Å². The number of amides is 2. The maximum absolute atomic E-state index is 13.9. The summed E-state index contributed by atoms with van der Waals surface area (Å²) in [6.45, 7) is 4.34. The quantitative estimate of drug-likeness (QED) is 0.820. The second kappa shape index (κ2) is 7.26. The van der Waals surface area contributed by atoms with Gasteiger partial charge in [0.05, 0.1) is 6.04 Å². The van der Waals surface area contributed by atoms with Crippen molar-refractivity contribution >= 4 is 6.03 Å². The molecular formula is C19H25FN6O.